The summed E-state index contributed by atoms with van der Waals surface area (Å²) >= 11 is 12.7. The van der Waals surface area contributed by atoms with Crippen molar-refractivity contribution in [3.05, 3.63) is 44.6 Å². The Hall–Kier alpha value is -1.28. The molecule has 5 nitrogen and oxygen atoms in total. The smallest absolute Gasteiger partial charge is 0.264 e. The van der Waals surface area contributed by atoms with Crippen molar-refractivity contribution in [2.75, 3.05) is 4.72 Å². The van der Waals surface area contributed by atoms with E-state index in [1.807, 2.05) is 0 Å². The van der Waals surface area contributed by atoms with Gasteiger partial charge in [0.25, 0.3) is 15.9 Å². The van der Waals surface area contributed by atoms with E-state index in [1.54, 1.807) is 18.2 Å². The third-order valence-electron chi connectivity index (χ3n) is 3.24. The van der Waals surface area contributed by atoms with Crippen LogP contribution in [0.2, 0.25) is 8.67 Å². The zero-order valence-corrected chi connectivity index (χ0v) is 14.8. The molecule has 0 bridgehead atoms. The Kier molecular flexibility index (Phi) is 4.55. The van der Waals surface area contributed by atoms with Crippen LogP contribution >= 0.6 is 34.5 Å². The summed E-state index contributed by atoms with van der Waals surface area (Å²) in [4.78, 5) is 12.1. The van der Waals surface area contributed by atoms with E-state index < -0.39 is 10.0 Å². The molecule has 2 N–H and O–H groups in total. The molecule has 122 valence electrons. The first-order valence-corrected chi connectivity index (χ1v) is 9.80. The summed E-state index contributed by atoms with van der Waals surface area (Å²) in [5.74, 6) is -0.305. The minimum Gasteiger partial charge on any atom is -0.349 e. The molecule has 1 aliphatic carbocycles. The molecule has 0 saturated heterocycles. The number of carbonyl (C=O) groups excluding carboxylic acids is 1. The first-order chi connectivity index (χ1) is 10.9. The van der Waals surface area contributed by atoms with Gasteiger partial charge in [-0.05, 0) is 31.0 Å². The monoisotopic (exact) mass is 390 g/mol. The summed E-state index contributed by atoms with van der Waals surface area (Å²) in [6.45, 7) is 0. The molecule has 0 unspecified atom stereocenters. The van der Waals surface area contributed by atoms with Crippen LogP contribution in [0.15, 0.2) is 35.2 Å². The number of halogens is 2. The second-order valence-corrected chi connectivity index (χ2v) is 9.02. The largest absolute Gasteiger partial charge is 0.349 e. The Morgan fingerprint density at radius 3 is 2.52 bits per heavy atom. The Labute approximate surface area is 147 Å². The average Bonchev–Trinajstić information content (AvgIpc) is 3.21. The van der Waals surface area contributed by atoms with Crippen LogP contribution in [-0.2, 0) is 10.0 Å². The van der Waals surface area contributed by atoms with Gasteiger partial charge in [-0.3, -0.25) is 9.52 Å². The van der Waals surface area contributed by atoms with Crippen LogP contribution in [0.3, 0.4) is 0 Å². The molecular weight excluding hydrogens is 379 g/mol. The average molecular weight is 391 g/mol. The van der Waals surface area contributed by atoms with Crippen LogP contribution < -0.4 is 10.0 Å². The van der Waals surface area contributed by atoms with Crippen LogP contribution in [0.25, 0.3) is 0 Å². The lowest BCUT2D eigenvalue weighted by atomic mass is 10.1. The molecule has 1 fully saturated rings. The summed E-state index contributed by atoms with van der Waals surface area (Å²) in [7, 11) is -3.93. The van der Waals surface area contributed by atoms with E-state index >= 15 is 0 Å². The Morgan fingerprint density at radius 1 is 1.22 bits per heavy atom. The molecule has 1 aliphatic rings. The van der Waals surface area contributed by atoms with Crippen molar-refractivity contribution >= 4 is 56.2 Å². The number of hydrogen-bond acceptors (Lipinski definition) is 4. The number of benzene rings is 1. The van der Waals surface area contributed by atoms with Gasteiger partial charge in [-0.1, -0.05) is 35.3 Å². The molecular formula is C14H12Cl2N2O3S2. The van der Waals surface area contributed by atoms with Crippen molar-refractivity contribution < 1.29 is 13.2 Å². The summed E-state index contributed by atoms with van der Waals surface area (Å²) in [5, 5.41) is 2.83. The van der Waals surface area contributed by atoms with E-state index in [0.29, 0.717) is 0 Å². The molecule has 0 atom stereocenters. The third kappa shape index (κ3) is 3.80. The Bertz CT molecular complexity index is 861. The second-order valence-electron chi connectivity index (χ2n) is 5.09. The molecule has 1 amide bonds. The van der Waals surface area contributed by atoms with Gasteiger partial charge >= 0.3 is 0 Å². The van der Waals surface area contributed by atoms with Crippen LogP contribution in [0.5, 0.6) is 0 Å². The minimum absolute atomic E-state index is 0.0717. The van der Waals surface area contributed by atoms with E-state index in [0.717, 1.165) is 24.2 Å². The predicted octanol–water partition coefficient (Wildman–Crippen LogP) is 3.75. The standard InChI is InChI=1S/C14H12Cl2N2O3S2/c15-12-7-11(13(16)22-12)23(20,21)18-10-4-2-1-3-9(10)14(19)17-8-5-6-8/h1-4,7-8,18H,5-6H2,(H,17,19). The zero-order valence-electron chi connectivity index (χ0n) is 11.7. The van der Waals surface area contributed by atoms with Gasteiger partial charge in [0.1, 0.15) is 9.23 Å². The van der Waals surface area contributed by atoms with Crippen molar-refractivity contribution in [3.8, 4) is 0 Å². The molecule has 2 aromatic rings. The highest BCUT2D eigenvalue weighted by Gasteiger charge is 2.26. The van der Waals surface area contributed by atoms with Gasteiger partial charge in [-0.25, -0.2) is 8.42 Å². The fraction of sp³-hybridized carbons (Fsp3) is 0.214. The molecule has 3 rings (SSSR count). The molecule has 9 heteroatoms. The quantitative estimate of drug-likeness (QED) is 0.815. The van der Waals surface area contributed by atoms with E-state index in [2.05, 4.69) is 10.0 Å². The molecule has 1 aromatic heterocycles. The predicted molar refractivity (Wildman–Crippen MR) is 92.1 cm³/mol. The number of thiophene rings is 1. The van der Waals surface area contributed by atoms with Gasteiger partial charge in [0, 0.05) is 6.04 Å². The minimum atomic E-state index is -3.93. The summed E-state index contributed by atoms with van der Waals surface area (Å²) < 4.78 is 27.7. The first kappa shape index (κ1) is 16.6. The molecule has 1 heterocycles. The number of nitrogens with one attached hydrogen (secondary N) is 2. The van der Waals surface area contributed by atoms with Gasteiger partial charge < -0.3 is 5.32 Å². The number of anilines is 1. The number of sulfonamides is 1. The maximum atomic E-state index is 12.5. The molecule has 23 heavy (non-hydrogen) atoms. The van der Waals surface area contributed by atoms with Gasteiger partial charge in [0.05, 0.1) is 15.6 Å². The van der Waals surface area contributed by atoms with Gasteiger partial charge in [0.2, 0.25) is 0 Å². The van der Waals surface area contributed by atoms with Crippen LogP contribution in [0, 0.1) is 0 Å². The zero-order chi connectivity index (χ0) is 16.6. The number of hydrogen-bond donors (Lipinski definition) is 2. The fourth-order valence-electron chi connectivity index (χ4n) is 1.97. The number of amides is 1. The second kappa shape index (κ2) is 6.32. The Balaban J connectivity index is 1.90. The molecule has 0 spiro atoms. The fourth-order valence-corrected chi connectivity index (χ4v) is 5.20. The highest BCUT2D eigenvalue weighted by atomic mass is 35.5. The molecule has 0 aliphatic heterocycles. The maximum absolute atomic E-state index is 12.5. The van der Waals surface area contributed by atoms with E-state index in [1.165, 1.54) is 12.1 Å². The lowest BCUT2D eigenvalue weighted by Gasteiger charge is -2.12. The van der Waals surface area contributed by atoms with Crippen molar-refractivity contribution in [1.82, 2.24) is 5.32 Å². The van der Waals surface area contributed by atoms with Gasteiger partial charge in [-0.15, -0.1) is 11.3 Å². The Morgan fingerprint density at radius 2 is 1.91 bits per heavy atom. The highest BCUT2D eigenvalue weighted by Crippen LogP contribution is 2.35. The topological polar surface area (TPSA) is 75.3 Å². The summed E-state index contributed by atoms with van der Waals surface area (Å²) in [6.07, 6.45) is 1.89. The number of carbonyl (C=O) groups is 1. The molecule has 0 radical (unpaired) electrons. The van der Waals surface area contributed by atoms with E-state index in [4.69, 9.17) is 23.2 Å². The lowest BCUT2D eigenvalue weighted by molar-refractivity contribution is 0.0952. The normalized spacial score (nSPS) is 14.5. The van der Waals surface area contributed by atoms with Crippen molar-refractivity contribution in [2.45, 2.75) is 23.8 Å². The van der Waals surface area contributed by atoms with Crippen LogP contribution in [0.4, 0.5) is 5.69 Å². The first-order valence-electron chi connectivity index (χ1n) is 6.74. The molecule has 1 saturated carbocycles. The van der Waals surface area contributed by atoms with E-state index in [-0.39, 0.29) is 36.8 Å². The van der Waals surface area contributed by atoms with Crippen molar-refractivity contribution in [3.63, 3.8) is 0 Å². The SMILES string of the molecule is O=C(NC1CC1)c1ccccc1NS(=O)(=O)c1cc(Cl)sc1Cl. The van der Waals surface area contributed by atoms with Crippen LogP contribution in [-0.4, -0.2) is 20.4 Å². The van der Waals surface area contributed by atoms with Crippen LogP contribution in [0.1, 0.15) is 23.2 Å². The summed E-state index contributed by atoms with van der Waals surface area (Å²) in [5.41, 5.74) is 0.462. The van der Waals surface area contributed by atoms with Crippen molar-refractivity contribution in [1.29, 1.82) is 0 Å². The third-order valence-corrected chi connectivity index (χ3v) is 6.36. The van der Waals surface area contributed by atoms with Crippen molar-refractivity contribution in [2.24, 2.45) is 0 Å². The highest BCUT2D eigenvalue weighted by molar-refractivity contribution is 7.93. The van der Waals surface area contributed by atoms with Gasteiger partial charge in [-0.2, -0.15) is 0 Å². The summed E-state index contributed by atoms with van der Waals surface area (Å²) in [6, 6.07) is 7.88. The number of rotatable bonds is 5. The molecule has 1 aromatic carbocycles. The van der Waals surface area contributed by atoms with Gasteiger partial charge in [0.15, 0.2) is 0 Å². The van der Waals surface area contributed by atoms with E-state index in [9.17, 15) is 13.2 Å². The number of para-hydroxylation sites is 1. The maximum Gasteiger partial charge on any atom is 0.264 e. The lowest BCUT2D eigenvalue weighted by Crippen LogP contribution is -2.27.